The van der Waals surface area contributed by atoms with Crippen molar-refractivity contribution in [2.24, 2.45) is 5.41 Å². The molecule has 1 unspecified atom stereocenters. The maximum atomic E-state index is 12.8. The minimum absolute atomic E-state index is 0.0419. The zero-order valence-electron chi connectivity index (χ0n) is 15.6. The Kier molecular flexibility index (Phi) is 6.42. The van der Waals surface area contributed by atoms with E-state index in [1.54, 1.807) is 13.8 Å². The number of hydrogen-bond donors (Lipinski definition) is 2. The lowest BCUT2D eigenvalue weighted by molar-refractivity contribution is -0.138. The van der Waals surface area contributed by atoms with Crippen LogP contribution in [0.25, 0.3) is 0 Å². The number of carbonyl (C=O) groups is 2. The van der Waals surface area contributed by atoms with Gasteiger partial charge in [0.1, 0.15) is 5.41 Å². The van der Waals surface area contributed by atoms with Crippen LogP contribution in [-0.2, 0) is 14.3 Å². The number of para-hydroxylation sites is 2. The largest absolute Gasteiger partial charge is 0.378 e. The molecule has 1 aromatic rings. The van der Waals surface area contributed by atoms with Gasteiger partial charge in [-0.05, 0) is 39.3 Å². The molecule has 0 aliphatic carbocycles. The second kappa shape index (κ2) is 8.34. The lowest BCUT2D eigenvalue weighted by atomic mass is 9.90. The van der Waals surface area contributed by atoms with Crippen LogP contribution >= 0.6 is 0 Å². The van der Waals surface area contributed by atoms with Gasteiger partial charge >= 0.3 is 0 Å². The quantitative estimate of drug-likeness (QED) is 0.775. The number of rotatable bonds is 6. The predicted octanol–water partition coefficient (Wildman–Crippen LogP) is 2.40. The van der Waals surface area contributed by atoms with Gasteiger partial charge in [0.25, 0.3) is 0 Å². The lowest BCUT2D eigenvalue weighted by Crippen LogP contribution is -2.47. The van der Waals surface area contributed by atoms with Crippen LogP contribution in [0.4, 0.5) is 11.4 Å². The van der Waals surface area contributed by atoms with Gasteiger partial charge < -0.3 is 20.3 Å². The van der Waals surface area contributed by atoms with Gasteiger partial charge in [0.2, 0.25) is 11.8 Å². The van der Waals surface area contributed by atoms with Gasteiger partial charge in [-0.15, -0.1) is 0 Å². The summed E-state index contributed by atoms with van der Waals surface area (Å²) in [6.45, 7) is 10.1. The molecule has 1 aliphatic heterocycles. The number of nitrogens with zero attached hydrogens (tertiary/aromatic N) is 1. The van der Waals surface area contributed by atoms with Crippen molar-refractivity contribution in [3.8, 4) is 0 Å². The van der Waals surface area contributed by atoms with Crippen molar-refractivity contribution in [1.82, 2.24) is 5.32 Å². The van der Waals surface area contributed by atoms with Gasteiger partial charge in [-0.3, -0.25) is 9.59 Å². The first-order chi connectivity index (χ1) is 11.9. The van der Waals surface area contributed by atoms with Crippen LogP contribution in [0, 0.1) is 5.41 Å². The Morgan fingerprint density at radius 2 is 1.84 bits per heavy atom. The van der Waals surface area contributed by atoms with Gasteiger partial charge in [-0.25, -0.2) is 0 Å². The number of nitrogens with one attached hydrogen (secondary N) is 2. The van der Waals surface area contributed by atoms with Gasteiger partial charge in [-0.2, -0.15) is 0 Å². The number of carbonyl (C=O) groups excluding carboxylic acids is 2. The Bertz CT molecular complexity index is 610. The first-order valence-electron chi connectivity index (χ1n) is 8.90. The van der Waals surface area contributed by atoms with Gasteiger partial charge in [0, 0.05) is 19.1 Å². The molecule has 6 heteroatoms. The Morgan fingerprint density at radius 1 is 1.20 bits per heavy atom. The lowest BCUT2D eigenvalue weighted by Gasteiger charge is -2.31. The maximum Gasteiger partial charge on any atom is 0.239 e. The highest BCUT2D eigenvalue weighted by Gasteiger charge is 2.37. The standard InChI is InChI=1S/C19H29N3O3/c1-5-14(2)20-17(23)19(3,4)18(24)21-15-8-6-7-9-16(15)22-10-12-25-13-11-22/h6-9,14H,5,10-13H2,1-4H3,(H,20,23)(H,21,24). The zero-order chi connectivity index (χ0) is 18.4. The number of anilines is 2. The third kappa shape index (κ3) is 4.72. The summed E-state index contributed by atoms with van der Waals surface area (Å²) in [5, 5.41) is 5.83. The van der Waals surface area contributed by atoms with Crippen molar-refractivity contribution in [3.63, 3.8) is 0 Å². The van der Waals surface area contributed by atoms with Crippen LogP contribution in [0.1, 0.15) is 34.1 Å². The topological polar surface area (TPSA) is 70.7 Å². The van der Waals surface area contributed by atoms with Crippen LogP contribution in [0.15, 0.2) is 24.3 Å². The molecule has 25 heavy (non-hydrogen) atoms. The van der Waals surface area contributed by atoms with Gasteiger partial charge in [-0.1, -0.05) is 19.1 Å². The Hall–Kier alpha value is -2.08. The molecule has 138 valence electrons. The second-order valence-electron chi connectivity index (χ2n) is 6.98. The molecule has 1 aliphatic rings. The Morgan fingerprint density at radius 3 is 2.48 bits per heavy atom. The third-order valence-electron chi connectivity index (χ3n) is 4.63. The minimum atomic E-state index is -1.15. The van der Waals surface area contributed by atoms with E-state index in [-0.39, 0.29) is 17.9 Å². The predicted molar refractivity (Wildman–Crippen MR) is 99.8 cm³/mol. The summed E-state index contributed by atoms with van der Waals surface area (Å²) in [7, 11) is 0. The van der Waals surface area contributed by atoms with Gasteiger partial charge in [0.15, 0.2) is 0 Å². The fourth-order valence-electron chi connectivity index (χ4n) is 2.55. The van der Waals surface area contributed by atoms with Gasteiger partial charge in [0.05, 0.1) is 24.6 Å². The van der Waals surface area contributed by atoms with Crippen molar-refractivity contribution in [3.05, 3.63) is 24.3 Å². The fourth-order valence-corrected chi connectivity index (χ4v) is 2.55. The summed E-state index contributed by atoms with van der Waals surface area (Å²) in [6.07, 6.45) is 0.823. The molecule has 0 aromatic heterocycles. The van der Waals surface area contributed by atoms with E-state index in [4.69, 9.17) is 4.74 Å². The highest BCUT2D eigenvalue weighted by Crippen LogP contribution is 2.28. The highest BCUT2D eigenvalue weighted by molar-refractivity contribution is 6.10. The van der Waals surface area contributed by atoms with E-state index in [0.29, 0.717) is 13.2 Å². The number of benzene rings is 1. The number of morpholine rings is 1. The first-order valence-corrected chi connectivity index (χ1v) is 8.90. The summed E-state index contributed by atoms with van der Waals surface area (Å²) in [5.41, 5.74) is 0.526. The molecule has 2 amide bonds. The van der Waals surface area contributed by atoms with E-state index in [1.165, 1.54) is 0 Å². The molecule has 0 saturated carbocycles. The van der Waals surface area contributed by atoms with Crippen molar-refractivity contribution in [2.75, 3.05) is 36.5 Å². The van der Waals surface area contributed by atoms with Crippen LogP contribution in [0.5, 0.6) is 0 Å². The molecular weight excluding hydrogens is 318 g/mol. The normalized spacial score (nSPS) is 16.2. The molecule has 6 nitrogen and oxygen atoms in total. The first kappa shape index (κ1) is 19.2. The molecule has 1 aromatic carbocycles. The average molecular weight is 347 g/mol. The van der Waals surface area contributed by atoms with Crippen LogP contribution in [-0.4, -0.2) is 44.2 Å². The molecule has 1 fully saturated rings. The molecule has 1 heterocycles. The molecular formula is C19H29N3O3. The summed E-state index contributed by atoms with van der Waals surface area (Å²) in [6, 6.07) is 7.71. The number of amides is 2. The minimum Gasteiger partial charge on any atom is -0.378 e. The average Bonchev–Trinajstić information content (AvgIpc) is 2.62. The van der Waals surface area contributed by atoms with Crippen molar-refractivity contribution >= 4 is 23.2 Å². The highest BCUT2D eigenvalue weighted by atomic mass is 16.5. The van der Waals surface area contributed by atoms with E-state index in [0.717, 1.165) is 30.9 Å². The van der Waals surface area contributed by atoms with Crippen molar-refractivity contribution in [1.29, 1.82) is 0 Å². The van der Waals surface area contributed by atoms with E-state index < -0.39 is 5.41 Å². The van der Waals surface area contributed by atoms with E-state index in [2.05, 4.69) is 15.5 Å². The van der Waals surface area contributed by atoms with Crippen molar-refractivity contribution in [2.45, 2.75) is 40.2 Å². The van der Waals surface area contributed by atoms with Crippen LogP contribution < -0.4 is 15.5 Å². The maximum absolute atomic E-state index is 12.8. The molecule has 0 radical (unpaired) electrons. The Balaban J connectivity index is 2.13. The zero-order valence-corrected chi connectivity index (χ0v) is 15.6. The smallest absolute Gasteiger partial charge is 0.239 e. The molecule has 0 spiro atoms. The molecule has 0 bridgehead atoms. The number of hydrogen-bond acceptors (Lipinski definition) is 4. The van der Waals surface area contributed by atoms with Crippen LogP contribution in [0.3, 0.4) is 0 Å². The summed E-state index contributed by atoms with van der Waals surface area (Å²) < 4.78 is 5.39. The molecule has 2 N–H and O–H groups in total. The van der Waals surface area contributed by atoms with E-state index in [9.17, 15) is 9.59 Å². The third-order valence-corrected chi connectivity index (χ3v) is 4.63. The summed E-state index contributed by atoms with van der Waals surface area (Å²) >= 11 is 0. The Labute approximate surface area is 149 Å². The SMILES string of the molecule is CCC(C)NC(=O)C(C)(C)C(=O)Nc1ccccc1N1CCOCC1. The summed E-state index contributed by atoms with van der Waals surface area (Å²) in [4.78, 5) is 27.4. The van der Waals surface area contributed by atoms with Crippen molar-refractivity contribution < 1.29 is 14.3 Å². The molecule has 1 atom stereocenters. The number of ether oxygens (including phenoxy) is 1. The molecule has 1 saturated heterocycles. The summed E-state index contributed by atoms with van der Waals surface area (Å²) in [5.74, 6) is -0.572. The molecule has 2 rings (SSSR count). The second-order valence-corrected chi connectivity index (χ2v) is 6.98. The van der Waals surface area contributed by atoms with E-state index >= 15 is 0 Å². The van der Waals surface area contributed by atoms with E-state index in [1.807, 2.05) is 38.1 Å². The van der Waals surface area contributed by atoms with Crippen LogP contribution in [0.2, 0.25) is 0 Å². The fraction of sp³-hybridized carbons (Fsp3) is 0.579. The monoisotopic (exact) mass is 347 g/mol.